The van der Waals surface area contributed by atoms with Crippen LogP contribution < -0.4 is 5.32 Å². The largest absolute Gasteiger partial charge is 0.318 e. The number of benzene rings is 3. The SMILES string of the molecule is O=C(Nc1cc(Cl)ccc1F)c1cc(-c2ccccc2)nn1-c1ccccc1. The number of halogens is 2. The van der Waals surface area contributed by atoms with E-state index >= 15 is 0 Å². The number of hydrogen-bond acceptors (Lipinski definition) is 2. The highest BCUT2D eigenvalue weighted by Crippen LogP contribution is 2.24. The Morgan fingerprint density at radius 3 is 2.32 bits per heavy atom. The fourth-order valence-electron chi connectivity index (χ4n) is 2.84. The number of anilines is 1. The molecule has 0 unspecified atom stereocenters. The summed E-state index contributed by atoms with van der Waals surface area (Å²) in [5, 5.41) is 7.50. The Bertz CT molecular complexity index is 1130. The first kappa shape index (κ1) is 17.9. The minimum absolute atomic E-state index is 0.0135. The van der Waals surface area contributed by atoms with Crippen LogP contribution in [0.2, 0.25) is 5.02 Å². The van der Waals surface area contributed by atoms with Crippen LogP contribution in [-0.4, -0.2) is 15.7 Å². The van der Waals surface area contributed by atoms with Gasteiger partial charge in [0.2, 0.25) is 0 Å². The molecule has 28 heavy (non-hydrogen) atoms. The van der Waals surface area contributed by atoms with E-state index in [0.29, 0.717) is 10.7 Å². The van der Waals surface area contributed by atoms with Gasteiger partial charge in [-0.3, -0.25) is 4.79 Å². The first-order valence-corrected chi connectivity index (χ1v) is 8.97. The first-order valence-electron chi connectivity index (χ1n) is 8.59. The van der Waals surface area contributed by atoms with Crippen LogP contribution in [-0.2, 0) is 0 Å². The van der Waals surface area contributed by atoms with Crippen molar-refractivity contribution in [3.05, 3.63) is 101 Å². The first-order chi connectivity index (χ1) is 13.6. The Labute approximate surface area is 166 Å². The molecule has 0 saturated carbocycles. The predicted octanol–water partition coefficient (Wildman–Crippen LogP) is 5.58. The highest BCUT2D eigenvalue weighted by molar-refractivity contribution is 6.31. The number of carbonyl (C=O) groups excluding carboxylic acids is 1. The van der Waals surface area contributed by atoms with Gasteiger partial charge in [0.05, 0.1) is 17.1 Å². The van der Waals surface area contributed by atoms with Gasteiger partial charge in [0.25, 0.3) is 5.91 Å². The van der Waals surface area contributed by atoms with Gasteiger partial charge in [0, 0.05) is 10.6 Å². The number of para-hydroxylation sites is 1. The molecular weight excluding hydrogens is 377 g/mol. The Kier molecular flexibility index (Phi) is 4.91. The van der Waals surface area contributed by atoms with E-state index in [-0.39, 0.29) is 11.4 Å². The summed E-state index contributed by atoms with van der Waals surface area (Å²) >= 11 is 5.92. The standard InChI is InChI=1S/C22H15ClFN3O/c23-16-11-12-18(24)20(13-16)25-22(28)21-14-19(15-7-3-1-4-8-15)26-27(21)17-9-5-2-6-10-17/h1-14H,(H,25,28). The summed E-state index contributed by atoms with van der Waals surface area (Å²) in [6, 6.07) is 24.5. The number of carbonyl (C=O) groups is 1. The van der Waals surface area contributed by atoms with Crippen LogP contribution in [0.3, 0.4) is 0 Å². The van der Waals surface area contributed by atoms with Crippen molar-refractivity contribution in [2.45, 2.75) is 0 Å². The van der Waals surface area contributed by atoms with Crippen LogP contribution in [0, 0.1) is 5.82 Å². The average Bonchev–Trinajstić information content (AvgIpc) is 3.18. The molecule has 0 spiro atoms. The average molecular weight is 392 g/mol. The Balaban J connectivity index is 1.77. The molecular formula is C22H15ClFN3O. The highest BCUT2D eigenvalue weighted by atomic mass is 35.5. The van der Waals surface area contributed by atoms with Gasteiger partial charge < -0.3 is 5.32 Å². The van der Waals surface area contributed by atoms with Crippen molar-refractivity contribution < 1.29 is 9.18 Å². The zero-order valence-electron chi connectivity index (χ0n) is 14.6. The second kappa shape index (κ2) is 7.66. The van der Waals surface area contributed by atoms with Crippen LogP contribution in [0.5, 0.6) is 0 Å². The van der Waals surface area contributed by atoms with Gasteiger partial charge in [-0.15, -0.1) is 0 Å². The molecule has 138 valence electrons. The Hall–Kier alpha value is -3.44. The summed E-state index contributed by atoms with van der Waals surface area (Å²) in [6.45, 7) is 0. The quantitative estimate of drug-likeness (QED) is 0.493. The molecule has 0 saturated heterocycles. The molecule has 1 heterocycles. The van der Waals surface area contributed by atoms with Crippen molar-refractivity contribution in [2.75, 3.05) is 5.32 Å². The molecule has 1 amide bonds. The maximum absolute atomic E-state index is 14.0. The van der Waals surface area contributed by atoms with Crippen molar-refractivity contribution in [1.29, 1.82) is 0 Å². The van der Waals surface area contributed by atoms with Crippen molar-refractivity contribution in [3.63, 3.8) is 0 Å². The lowest BCUT2D eigenvalue weighted by Crippen LogP contribution is -2.17. The maximum Gasteiger partial charge on any atom is 0.274 e. The molecule has 0 aliphatic carbocycles. The molecule has 1 aromatic heterocycles. The highest BCUT2D eigenvalue weighted by Gasteiger charge is 2.19. The minimum atomic E-state index is -0.563. The molecule has 3 aromatic carbocycles. The molecule has 6 heteroatoms. The molecule has 0 aliphatic rings. The van der Waals surface area contributed by atoms with Crippen LogP contribution in [0.4, 0.5) is 10.1 Å². The lowest BCUT2D eigenvalue weighted by atomic mass is 10.1. The van der Waals surface area contributed by atoms with E-state index < -0.39 is 11.7 Å². The van der Waals surface area contributed by atoms with Crippen LogP contribution in [0.25, 0.3) is 16.9 Å². The zero-order chi connectivity index (χ0) is 19.5. The van der Waals surface area contributed by atoms with Gasteiger partial charge >= 0.3 is 0 Å². The molecule has 4 rings (SSSR count). The second-order valence-electron chi connectivity index (χ2n) is 6.11. The van der Waals surface area contributed by atoms with E-state index in [1.165, 1.54) is 18.2 Å². The number of rotatable bonds is 4. The summed E-state index contributed by atoms with van der Waals surface area (Å²) < 4.78 is 15.6. The van der Waals surface area contributed by atoms with Crippen molar-refractivity contribution in [2.24, 2.45) is 0 Å². The summed E-state index contributed by atoms with van der Waals surface area (Å²) in [4.78, 5) is 12.9. The third kappa shape index (κ3) is 3.66. The van der Waals surface area contributed by atoms with Crippen LogP contribution >= 0.6 is 11.6 Å². The molecule has 1 N–H and O–H groups in total. The smallest absolute Gasteiger partial charge is 0.274 e. The van der Waals surface area contributed by atoms with E-state index in [9.17, 15) is 9.18 Å². The van der Waals surface area contributed by atoms with Gasteiger partial charge in [-0.1, -0.05) is 60.1 Å². The van der Waals surface area contributed by atoms with E-state index in [4.69, 9.17) is 11.6 Å². The van der Waals surface area contributed by atoms with E-state index in [0.717, 1.165) is 11.3 Å². The molecule has 0 atom stereocenters. The summed E-state index contributed by atoms with van der Waals surface area (Å²) in [6.07, 6.45) is 0. The van der Waals surface area contributed by atoms with E-state index in [1.807, 2.05) is 60.7 Å². The number of nitrogens with one attached hydrogen (secondary N) is 1. The molecule has 4 nitrogen and oxygen atoms in total. The predicted molar refractivity (Wildman–Crippen MR) is 108 cm³/mol. The third-order valence-electron chi connectivity index (χ3n) is 4.19. The zero-order valence-corrected chi connectivity index (χ0v) is 15.4. The van der Waals surface area contributed by atoms with Crippen molar-refractivity contribution in [3.8, 4) is 16.9 Å². The molecule has 4 aromatic rings. The fraction of sp³-hybridized carbons (Fsp3) is 0. The van der Waals surface area contributed by atoms with Gasteiger partial charge in [-0.25, -0.2) is 9.07 Å². The van der Waals surface area contributed by atoms with Gasteiger partial charge in [-0.05, 0) is 36.4 Å². The van der Waals surface area contributed by atoms with Gasteiger partial charge in [0.15, 0.2) is 0 Å². The van der Waals surface area contributed by atoms with Crippen molar-refractivity contribution >= 4 is 23.2 Å². The number of nitrogens with zero attached hydrogens (tertiary/aromatic N) is 2. The number of aromatic nitrogens is 2. The van der Waals surface area contributed by atoms with Crippen molar-refractivity contribution in [1.82, 2.24) is 9.78 Å². The Morgan fingerprint density at radius 1 is 0.929 bits per heavy atom. The number of hydrogen-bond donors (Lipinski definition) is 1. The molecule has 0 aliphatic heterocycles. The van der Waals surface area contributed by atoms with E-state index in [2.05, 4.69) is 10.4 Å². The number of amides is 1. The Morgan fingerprint density at radius 2 is 1.61 bits per heavy atom. The van der Waals surface area contributed by atoms with Gasteiger partial charge in [0.1, 0.15) is 11.5 Å². The topological polar surface area (TPSA) is 46.9 Å². The summed E-state index contributed by atoms with van der Waals surface area (Å²) in [5.41, 5.74) is 2.53. The summed E-state index contributed by atoms with van der Waals surface area (Å²) in [7, 11) is 0. The molecule has 0 fully saturated rings. The molecule has 0 bridgehead atoms. The van der Waals surface area contributed by atoms with Gasteiger partial charge in [-0.2, -0.15) is 5.10 Å². The normalized spacial score (nSPS) is 10.6. The maximum atomic E-state index is 14.0. The van der Waals surface area contributed by atoms with E-state index in [1.54, 1.807) is 10.7 Å². The third-order valence-corrected chi connectivity index (χ3v) is 4.42. The minimum Gasteiger partial charge on any atom is -0.318 e. The van der Waals surface area contributed by atoms with Crippen LogP contribution in [0.15, 0.2) is 84.9 Å². The monoisotopic (exact) mass is 391 g/mol. The summed E-state index contributed by atoms with van der Waals surface area (Å²) in [5.74, 6) is -1.05. The lowest BCUT2D eigenvalue weighted by Gasteiger charge is -2.09. The second-order valence-corrected chi connectivity index (χ2v) is 6.54. The fourth-order valence-corrected chi connectivity index (χ4v) is 3.01. The van der Waals surface area contributed by atoms with Crippen LogP contribution in [0.1, 0.15) is 10.5 Å². The lowest BCUT2D eigenvalue weighted by molar-refractivity contribution is 0.101. The molecule has 0 radical (unpaired) electrons.